The van der Waals surface area contributed by atoms with Crippen molar-refractivity contribution in [3.05, 3.63) is 28.8 Å². The van der Waals surface area contributed by atoms with E-state index in [1.54, 1.807) is 36.9 Å². The molecular weight excluding hydrogens is 342 g/mol. The van der Waals surface area contributed by atoms with Gasteiger partial charge in [-0.3, -0.25) is 10.1 Å². The first kappa shape index (κ1) is 17.1. The van der Waals surface area contributed by atoms with E-state index in [9.17, 15) is 4.79 Å². The van der Waals surface area contributed by atoms with Crippen molar-refractivity contribution >= 4 is 45.7 Å². The topological polar surface area (TPSA) is 64.1 Å². The van der Waals surface area contributed by atoms with Crippen molar-refractivity contribution in [2.24, 2.45) is 0 Å². The maximum Gasteiger partial charge on any atom is 0.266 e. The predicted octanol–water partition coefficient (Wildman–Crippen LogP) is 4.02. The van der Waals surface area contributed by atoms with Crippen LogP contribution >= 0.6 is 34.7 Å². The first-order valence-corrected chi connectivity index (χ1v) is 8.87. The monoisotopic (exact) mass is 357 g/mol. The molecule has 8 heteroatoms. The lowest BCUT2D eigenvalue weighted by Gasteiger charge is -2.15. The SMILES string of the molecule is CCSc1nnc(NC(=O)C(C)Oc2ccc(Cl)cc2C)s1. The van der Waals surface area contributed by atoms with Crippen LogP contribution in [0.1, 0.15) is 19.4 Å². The van der Waals surface area contributed by atoms with Crippen LogP contribution in [0.4, 0.5) is 5.13 Å². The molecule has 22 heavy (non-hydrogen) atoms. The van der Waals surface area contributed by atoms with Crippen LogP contribution in [0.25, 0.3) is 0 Å². The van der Waals surface area contributed by atoms with Gasteiger partial charge in [0.15, 0.2) is 10.4 Å². The lowest BCUT2D eigenvalue weighted by Crippen LogP contribution is -2.30. The molecule has 0 spiro atoms. The zero-order chi connectivity index (χ0) is 16.1. The highest BCUT2D eigenvalue weighted by atomic mass is 35.5. The molecule has 0 saturated carbocycles. The molecule has 2 aromatic rings. The summed E-state index contributed by atoms with van der Waals surface area (Å²) in [4.78, 5) is 12.1. The molecule has 1 atom stereocenters. The first-order valence-electron chi connectivity index (χ1n) is 6.69. The number of rotatable bonds is 6. The summed E-state index contributed by atoms with van der Waals surface area (Å²) in [5.41, 5.74) is 0.879. The van der Waals surface area contributed by atoms with Crippen LogP contribution in [-0.2, 0) is 4.79 Å². The van der Waals surface area contributed by atoms with Gasteiger partial charge in [0.2, 0.25) is 5.13 Å². The third kappa shape index (κ3) is 4.59. The quantitative estimate of drug-likeness (QED) is 0.625. The normalized spacial score (nSPS) is 12.0. The number of nitrogens with one attached hydrogen (secondary N) is 1. The fraction of sp³-hybridized carbons (Fsp3) is 0.357. The average molecular weight is 358 g/mol. The fourth-order valence-electron chi connectivity index (χ4n) is 1.64. The summed E-state index contributed by atoms with van der Waals surface area (Å²) < 4.78 is 6.50. The number of carbonyl (C=O) groups excluding carboxylic acids is 1. The van der Waals surface area contributed by atoms with Crippen molar-refractivity contribution < 1.29 is 9.53 Å². The molecule has 1 unspecified atom stereocenters. The van der Waals surface area contributed by atoms with Gasteiger partial charge >= 0.3 is 0 Å². The molecule has 1 amide bonds. The molecule has 1 heterocycles. The lowest BCUT2D eigenvalue weighted by molar-refractivity contribution is -0.122. The highest BCUT2D eigenvalue weighted by Gasteiger charge is 2.17. The molecule has 0 aliphatic rings. The highest BCUT2D eigenvalue weighted by molar-refractivity contribution is 8.01. The van der Waals surface area contributed by atoms with Crippen molar-refractivity contribution in [3.8, 4) is 5.75 Å². The summed E-state index contributed by atoms with van der Waals surface area (Å²) in [6.45, 7) is 5.60. The van der Waals surface area contributed by atoms with E-state index >= 15 is 0 Å². The highest BCUT2D eigenvalue weighted by Crippen LogP contribution is 2.26. The molecule has 1 aromatic carbocycles. The molecule has 0 aliphatic heterocycles. The Morgan fingerprint density at radius 1 is 1.50 bits per heavy atom. The maximum absolute atomic E-state index is 12.1. The number of halogens is 1. The van der Waals surface area contributed by atoms with E-state index in [4.69, 9.17) is 16.3 Å². The number of ether oxygens (including phenoxy) is 1. The van der Waals surface area contributed by atoms with Crippen LogP contribution in [0.15, 0.2) is 22.5 Å². The van der Waals surface area contributed by atoms with Crippen LogP contribution in [0.2, 0.25) is 5.02 Å². The molecule has 5 nitrogen and oxygen atoms in total. The van der Waals surface area contributed by atoms with Gasteiger partial charge in [-0.15, -0.1) is 10.2 Å². The Labute approximate surface area is 142 Å². The van der Waals surface area contributed by atoms with E-state index in [1.165, 1.54) is 11.3 Å². The number of hydrogen-bond donors (Lipinski definition) is 1. The predicted molar refractivity (Wildman–Crippen MR) is 91.2 cm³/mol. The van der Waals surface area contributed by atoms with Crippen LogP contribution in [0.5, 0.6) is 5.75 Å². The van der Waals surface area contributed by atoms with Crippen LogP contribution in [-0.4, -0.2) is 28.0 Å². The smallest absolute Gasteiger partial charge is 0.266 e. The first-order chi connectivity index (χ1) is 10.5. The molecule has 0 saturated heterocycles. The van der Waals surface area contributed by atoms with Crippen LogP contribution in [0, 0.1) is 6.92 Å². The fourth-order valence-corrected chi connectivity index (χ4v) is 3.52. The Bertz CT molecular complexity index is 663. The number of aryl methyl sites for hydroxylation is 1. The number of benzene rings is 1. The van der Waals surface area contributed by atoms with Gasteiger partial charge in [0.05, 0.1) is 0 Å². The number of hydrogen-bond acceptors (Lipinski definition) is 6. The molecule has 0 bridgehead atoms. The minimum atomic E-state index is -0.647. The zero-order valence-corrected chi connectivity index (χ0v) is 14.8. The summed E-state index contributed by atoms with van der Waals surface area (Å²) in [5, 5.41) is 11.7. The second kappa shape index (κ2) is 7.80. The molecule has 0 aliphatic carbocycles. The Morgan fingerprint density at radius 2 is 2.27 bits per heavy atom. The van der Waals surface area contributed by atoms with Crippen LogP contribution in [0.3, 0.4) is 0 Å². The van der Waals surface area contributed by atoms with E-state index < -0.39 is 6.10 Å². The second-order valence-electron chi connectivity index (χ2n) is 4.47. The molecule has 1 aromatic heterocycles. The minimum absolute atomic E-state index is 0.265. The lowest BCUT2D eigenvalue weighted by atomic mass is 10.2. The Morgan fingerprint density at radius 3 is 2.95 bits per heavy atom. The molecular formula is C14H16ClN3O2S2. The molecule has 118 valence electrons. The summed E-state index contributed by atoms with van der Waals surface area (Å²) in [5.74, 6) is 1.28. The van der Waals surface area contributed by atoms with Crippen molar-refractivity contribution in [1.82, 2.24) is 10.2 Å². The van der Waals surface area contributed by atoms with E-state index in [1.807, 2.05) is 13.8 Å². The van der Waals surface area contributed by atoms with Crippen molar-refractivity contribution in [2.75, 3.05) is 11.1 Å². The number of anilines is 1. The Balaban J connectivity index is 1.96. The van der Waals surface area contributed by atoms with Crippen LogP contribution < -0.4 is 10.1 Å². The number of thioether (sulfide) groups is 1. The molecule has 2 rings (SSSR count). The number of nitrogens with zero attached hydrogens (tertiary/aromatic N) is 2. The van der Waals surface area contributed by atoms with Gasteiger partial charge in [0, 0.05) is 5.02 Å². The standard InChI is InChI=1S/C14H16ClN3O2S2/c1-4-21-14-18-17-13(22-14)16-12(19)9(3)20-11-6-5-10(15)7-8(11)2/h5-7,9H,4H2,1-3H3,(H,16,17,19). The third-order valence-electron chi connectivity index (χ3n) is 2.71. The van der Waals surface area contributed by atoms with Crippen molar-refractivity contribution in [3.63, 3.8) is 0 Å². The maximum atomic E-state index is 12.1. The second-order valence-corrected chi connectivity index (χ2v) is 7.39. The van der Waals surface area contributed by atoms with E-state index in [-0.39, 0.29) is 5.91 Å². The third-order valence-corrected chi connectivity index (χ3v) is 4.80. The Kier molecular flexibility index (Phi) is 6.05. The molecule has 0 radical (unpaired) electrons. The van der Waals surface area contributed by atoms with Gasteiger partial charge in [-0.2, -0.15) is 0 Å². The van der Waals surface area contributed by atoms with Gasteiger partial charge in [-0.25, -0.2) is 0 Å². The van der Waals surface area contributed by atoms with Gasteiger partial charge in [-0.05, 0) is 43.4 Å². The van der Waals surface area contributed by atoms with Crippen molar-refractivity contribution in [1.29, 1.82) is 0 Å². The van der Waals surface area contributed by atoms with Crippen molar-refractivity contribution in [2.45, 2.75) is 31.2 Å². The summed E-state index contributed by atoms with van der Waals surface area (Å²) in [7, 11) is 0. The minimum Gasteiger partial charge on any atom is -0.481 e. The zero-order valence-electron chi connectivity index (χ0n) is 12.4. The van der Waals surface area contributed by atoms with Gasteiger partial charge < -0.3 is 4.74 Å². The number of amides is 1. The molecule has 0 fully saturated rings. The Hall–Kier alpha value is -1.31. The number of aromatic nitrogens is 2. The summed E-state index contributed by atoms with van der Waals surface area (Å²) in [6.07, 6.45) is -0.647. The molecule has 1 N–H and O–H groups in total. The van der Waals surface area contributed by atoms with Gasteiger partial charge in [0.25, 0.3) is 5.91 Å². The van der Waals surface area contributed by atoms with E-state index in [0.717, 1.165) is 15.7 Å². The van der Waals surface area contributed by atoms with E-state index in [2.05, 4.69) is 15.5 Å². The summed E-state index contributed by atoms with van der Waals surface area (Å²) in [6, 6.07) is 5.27. The summed E-state index contributed by atoms with van der Waals surface area (Å²) >= 11 is 8.84. The van der Waals surface area contributed by atoms with Gasteiger partial charge in [0.1, 0.15) is 5.75 Å². The van der Waals surface area contributed by atoms with E-state index in [0.29, 0.717) is 15.9 Å². The number of carbonyl (C=O) groups is 1. The van der Waals surface area contributed by atoms with Gasteiger partial charge in [-0.1, -0.05) is 41.6 Å². The average Bonchev–Trinajstić information content (AvgIpc) is 2.89. The largest absolute Gasteiger partial charge is 0.481 e.